The number of unbranched alkanes of at least 4 members (excludes halogenated alkanes) is 7. The number of rotatable bonds is 17. The van der Waals surface area contributed by atoms with E-state index in [2.05, 4.69) is 31.9 Å². The van der Waals surface area contributed by atoms with E-state index in [1.165, 1.54) is 32.1 Å². The first-order chi connectivity index (χ1) is 17.6. The molecule has 202 valence electrons. The van der Waals surface area contributed by atoms with Gasteiger partial charge in [0.05, 0.1) is 25.7 Å². The fourth-order valence-electron chi connectivity index (χ4n) is 5.49. The highest BCUT2D eigenvalue weighted by Gasteiger charge is 2.49. The maximum Gasteiger partial charge on any atom is 0.313 e. The number of esters is 1. The van der Waals surface area contributed by atoms with Crippen LogP contribution in [0.25, 0.3) is 20.9 Å². The van der Waals surface area contributed by atoms with Crippen molar-refractivity contribution in [2.45, 2.75) is 121 Å². The molecule has 0 aromatic heterocycles. The van der Waals surface area contributed by atoms with Crippen molar-refractivity contribution in [3.05, 3.63) is 20.9 Å². The van der Waals surface area contributed by atoms with Crippen molar-refractivity contribution < 1.29 is 14.3 Å². The average Bonchev–Trinajstić information content (AvgIpc) is 3.28. The lowest BCUT2D eigenvalue weighted by Gasteiger charge is -2.41. The number of fused-ring (bicyclic) bond motifs is 1. The van der Waals surface area contributed by atoms with Gasteiger partial charge in [0, 0.05) is 34.5 Å². The first-order valence-electron chi connectivity index (χ1n) is 13.7. The van der Waals surface area contributed by atoms with Crippen LogP contribution in [0, 0.1) is 5.92 Å². The minimum absolute atomic E-state index is 0.0431. The van der Waals surface area contributed by atoms with Gasteiger partial charge in [0.25, 0.3) is 6.02 Å². The zero-order chi connectivity index (χ0) is 26.2. The first-order valence-corrected chi connectivity index (χ1v) is 13.7. The molecule has 0 saturated carbocycles. The number of hydrogen-bond acceptors (Lipinski definition) is 7. The molecule has 11 nitrogen and oxygen atoms in total. The first kappa shape index (κ1) is 29.6. The summed E-state index contributed by atoms with van der Waals surface area (Å²) >= 11 is 0. The predicted octanol–water partition coefficient (Wildman–Crippen LogP) is 6.68. The molecule has 0 unspecified atom stereocenters. The Labute approximate surface area is 215 Å². The lowest BCUT2D eigenvalue weighted by Crippen LogP contribution is -2.54. The topological polar surface area (TPSA) is 149 Å². The van der Waals surface area contributed by atoms with Gasteiger partial charge in [-0.25, -0.2) is 4.99 Å². The van der Waals surface area contributed by atoms with E-state index in [0.717, 1.165) is 38.5 Å². The molecule has 2 aliphatic rings. The van der Waals surface area contributed by atoms with E-state index in [4.69, 9.17) is 25.5 Å². The van der Waals surface area contributed by atoms with Crippen LogP contribution in [-0.2, 0) is 14.3 Å². The van der Waals surface area contributed by atoms with Gasteiger partial charge >= 0.3 is 5.97 Å². The van der Waals surface area contributed by atoms with Gasteiger partial charge < -0.3 is 14.4 Å². The lowest BCUT2D eigenvalue weighted by atomic mass is 9.90. The third kappa shape index (κ3) is 9.10. The van der Waals surface area contributed by atoms with Crippen molar-refractivity contribution in [1.29, 1.82) is 0 Å². The van der Waals surface area contributed by atoms with Crippen LogP contribution in [0.5, 0.6) is 0 Å². The maximum atomic E-state index is 13.0. The van der Waals surface area contributed by atoms with Crippen molar-refractivity contribution >= 4 is 12.0 Å². The minimum atomic E-state index is -0.368. The molecule has 0 bridgehead atoms. The molecule has 36 heavy (non-hydrogen) atoms. The number of azide groups is 2. The van der Waals surface area contributed by atoms with E-state index in [1.54, 1.807) is 7.11 Å². The normalized spacial score (nSPS) is 23.6. The Hall–Kier alpha value is -2.64. The van der Waals surface area contributed by atoms with E-state index < -0.39 is 0 Å². The molecule has 1 fully saturated rings. The largest absolute Gasteiger partial charge is 0.468 e. The summed E-state index contributed by atoms with van der Waals surface area (Å²) in [6, 6.07) is 0.312. The summed E-state index contributed by atoms with van der Waals surface area (Å²) < 4.78 is 11.2. The predicted molar refractivity (Wildman–Crippen MR) is 140 cm³/mol. The van der Waals surface area contributed by atoms with Crippen LogP contribution in [0.4, 0.5) is 0 Å². The number of hydrogen-bond donors (Lipinski definition) is 0. The highest BCUT2D eigenvalue weighted by molar-refractivity contribution is 5.81. The molecule has 0 aromatic rings. The van der Waals surface area contributed by atoms with Crippen LogP contribution in [0.2, 0.25) is 0 Å². The van der Waals surface area contributed by atoms with Gasteiger partial charge in [-0.2, -0.15) is 0 Å². The van der Waals surface area contributed by atoms with E-state index in [0.29, 0.717) is 32.0 Å². The Morgan fingerprint density at radius 3 is 2.56 bits per heavy atom. The Morgan fingerprint density at radius 1 is 1.11 bits per heavy atom. The zero-order valence-corrected chi connectivity index (χ0v) is 22.3. The second-order valence-electron chi connectivity index (χ2n) is 9.92. The molecule has 2 rings (SSSR count). The molecule has 0 aliphatic carbocycles. The van der Waals surface area contributed by atoms with E-state index >= 15 is 0 Å². The molecule has 0 aromatic carbocycles. The summed E-state index contributed by atoms with van der Waals surface area (Å²) in [4.78, 5) is 25.7. The van der Waals surface area contributed by atoms with Crippen molar-refractivity contribution in [2.24, 2.45) is 21.1 Å². The van der Waals surface area contributed by atoms with Crippen LogP contribution >= 0.6 is 0 Å². The van der Waals surface area contributed by atoms with Crippen molar-refractivity contribution in [3.8, 4) is 0 Å². The van der Waals surface area contributed by atoms with Gasteiger partial charge in [0.2, 0.25) is 0 Å². The number of aliphatic imine (C=N–C) groups is 1. The fourth-order valence-corrected chi connectivity index (χ4v) is 5.49. The second kappa shape index (κ2) is 16.9. The average molecular weight is 505 g/mol. The van der Waals surface area contributed by atoms with Crippen LogP contribution in [0.3, 0.4) is 0 Å². The summed E-state index contributed by atoms with van der Waals surface area (Å²) in [5, 5.41) is 7.62. The van der Waals surface area contributed by atoms with Crippen molar-refractivity contribution in [3.63, 3.8) is 0 Å². The number of carbonyl (C=O) groups is 1. The molecule has 5 atom stereocenters. The van der Waals surface area contributed by atoms with Crippen molar-refractivity contribution in [2.75, 3.05) is 20.3 Å². The Bertz CT molecular complexity index is 794. The molecule has 2 aliphatic heterocycles. The lowest BCUT2D eigenvalue weighted by molar-refractivity contribution is -0.151. The van der Waals surface area contributed by atoms with Gasteiger partial charge in [0.1, 0.15) is 0 Å². The standard InChI is InChI=1S/C25H44N8O3/c1-4-5-6-7-8-9-10-13-20(30-32-27)18-21-14-15-22-23(19(2)29-25(35-3)33(21)22)24(34)36-17-12-11-16-28-31-26/h19-23H,4-18H2,1-3H3/t19-,20-,21+,22+,23+/m1/s1. The van der Waals surface area contributed by atoms with Crippen molar-refractivity contribution in [1.82, 2.24) is 4.90 Å². The Kier molecular flexibility index (Phi) is 13.9. The summed E-state index contributed by atoms with van der Waals surface area (Å²) in [6.45, 7) is 4.86. The second-order valence-corrected chi connectivity index (χ2v) is 9.92. The maximum absolute atomic E-state index is 13.0. The molecule has 0 spiro atoms. The highest BCUT2D eigenvalue weighted by Crippen LogP contribution is 2.38. The molecule has 0 amide bonds. The molecule has 2 heterocycles. The molecule has 0 N–H and O–H groups in total. The smallest absolute Gasteiger partial charge is 0.313 e. The van der Waals surface area contributed by atoms with E-state index in [1.807, 2.05) is 6.92 Å². The Balaban J connectivity index is 1.95. The number of carbonyl (C=O) groups excluding carboxylic acids is 1. The van der Waals surface area contributed by atoms with Crippen LogP contribution in [-0.4, -0.2) is 61.3 Å². The van der Waals surface area contributed by atoms with Crippen LogP contribution in [0.15, 0.2) is 15.2 Å². The Morgan fingerprint density at radius 2 is 1.86 bits per heavy atom. The molecule has 11 heteroatoms. The van der Waals surface area contributed by atoms with E-state index in [-0.39, 0.29) is 36.1 Å². The number of ether oxygens (including phenoxy) is 2. The van der Waals surface area contributed by atoms with Gasteiger partial charge in [-0.15, -0.1) is 0 Å². The third-order valence-corrected chi connectivity index (χ3v) is 7.33. The van der Waals surface area contributed by atoms with Gasteiger partial charge in [-0.1, -0.05) is 62.1 Å². The summed E-state index contributed by atoms with van der Waals surface area (Å²) in [6.07, 6.45) is 13.3. The number of nitrogens with zero attached hydrogens (tertiary/aromatic N) is 8. The zero-order valence-electron chi connectivity index (χ0n) is 22.3. The van der Waals surface area contributed by atoms with E-state index in [9.17, 15) is 4.79 Å². The number of amidine groups is 1. The quantitative estimate of drug-likeness (QED) is 0.0713. The number of methoxy groups -OCH3 is 1. The molecule has 0 radical (unpaired) electrons. The SMILES string of the molecule is CCCCCCCCC[C@H](C[C@@H]1CC[C@H]2[C@@H](C(=O)OCCCCN=[N+]=[N-])[C@@H](C)N=C(OC)N12)N=[N+]=[N-]. The monoisotopic (exact) mass is 504 g/mol. The minimum Gasteiger partial charge on any atom is -0.468 e. The van der Waals surface area contributed by atoms with Gasteiger partial charge in [-0.3, -0.25) is 4.79 Å². The fraction of sp³-hybridized carbons (Fsp3) is 0.920. The van der Waals surface area contributed by atoms with Gasteiger partial charge in [-0.05, 0) is 56.5 Å². The van der Waals surface area contributed by atoms with Crippen LogP contribution in [0.1, 0.15) is 97.3 Å². The summed E-state index contributed by atoms with van der Waals surface area (Å²) in [5.74, 6) is -0.609. The van der Waals surface area contributed by atoms with Gasteiger partial charge in [0.15, 0.2) is 0 Å². The summed E-state index contributed by atoms with van der Waals surface area (Å²) in [5.41, 5.74) is 17.5. The molecular formula is C25H44N8O3. The molecular weight excluding hydrogens is 460 g/mol. The summed E-state index contributed by atoms with van der Waals surface area (Å²) in [7, 11) is 1.61. The highest BCUT2D eigenvalue weighted by atomic mass is 16.5. The third-order valence-electron chi connectivity index (χ3n) is 7.33. The van der Waals surface area contributed by atoms with Crippen LogP contribution < -0.4 is 0 Å². The molecule has 1 saturated heterocycles.